The van der Waals surface area contributed by atoms with Crippen molar-refractivity contribution in [3.8, 4) is 17.0 Å². The summed E-state index contributed by atoms with van der Waals surface area (Å²) >= 11 is 14.1. The van der Waals surface area contributed by atoms with Crippen LogP contribution >= 0.6 is 34.5 Å². The van der Waals surface area contributed by atoms with E-state index in [0.29, 0.717) is 16.1 Å². The summed E-state index contributed by atoms with van der Waals surface area (Å²) in [6.45, 7) is 3.64. The molecule has 6 nitrogen and oxygen atoms in total. The summed E-state index contributed by atoms with van der Waals surface area (Å²) in [7, 11) is 3.37. The number of para-hydroxylation sites is 1. The number of methoxy groups -OCH3 is 2. The van der Waals surface area contributed by atoms with Gasteiger partial charge >= 0.3 is 5.97 Å². The van der Waals surface area contributed by atoms with Gasteiger partial charge in [0.2, 0.25) is 0 Å². The van der Waals surface area contributed by atoms with Crippen molar-refractivity contribution in [3.05, 3.63) is 73.0 Å². The lowest BCUT2D eigenvalue weighted by atomic mass is 9.98. The number of carboxylic acid groups (broad SMARTS) is 1. The molecule has 1 unspecified atom stereocenters. The molecule has 39 heavy (non-hydrogen) atoms. The topological polar surface area (TPSA) is 85.7 Å². The number of hydrogen-bond acceptors (Lipinski definition) is 6. The monoisotopic (exact) mass is 589 g/mol. The molecule has 0 aliphatic carbocycles. The second-order valence-corrected chi connectivity index (χ2v) is 11.0. The Morgan fingerprint density at radius 3 is 2.46 bits per heavy atom. The fraction of sp³-hybridized carbons (Fsp3) is 0.367. The van der Waals surface area contributed by atoms with Crippen LogP contribution in [0.15, 0.2) is 41.3 Å². The molecule has 0 bridgehead atoms. The maximum Gasteiger partial charge on any atom is 0.331 e. The summed E-state index contributed by atoms with van der Waals surface area (Å²) in [6, 6.07) is 8.96. The highest BCUT2D eigenvalue weighted by Crippen LogP contribution is 2.39. The first kappa shape index (κ1) is 30.8. The maximum atomic E-state index is 13.1. The van der Waals surface area contributed by atoms with Crippen molar-refractivity contribution < 1.29 is 24.2 Å². The lowest BCUT2D eigenvalue weighted by Gasteiger charge is -2.20. The van der Waals surface area contributed by atoms with Crippen LogP contribution in [0.25, 0.3) is 17.3 Å². The van der Waals surface area contributed by atoms with Gasteiger partial charge in [0.25, 0.3) is 0 Å². The first-order valence-electron chi connectivity index (χ1n) is 12.8. The van der Waals surface area contributed by atoms with Crippen molar-refractivity contribution in [2.45, 2.75) is 58.5 Å². The molecule has 1 atom stereocenters. The van der Waals surface area contributed by atoms with Gasteiger partial charge in [-0.15, -0.1) is 11.3 Å². The molecule has 208 valence electrons. The molecule has 0 radical (unpaired) electrons. The number of thiazole rings is 1. The predicted molar refractivity (Wildman–Crippen MR) is 158 cm³/mol. The van der Waals surface area contributed by atoms with Crippen molar-refractivity contribution in [1.82, 2.24) is 4.98 Å². The fourth-order valence-corrected chi connectivity index (χ4v) is 5.70. The zero-order chi connectivity index (χ0) is 28.5. The van der Waals surface area contributed by atoms with Crippen LogP contribution in [0.5, 0.6) is 5.75 Å². The second-order valence-electron chi connectivity index (χ2n) is 9.21. The van der Waals surface area contributed by atoms with Gasteiger partial charge in [-0.1, -0.05) is 67.9 Å². The van der Waals surface area contributed by atoms with E-state index in [9.17, 15) is 9.59 Å². The summed E-state index contributed by atoms with van der Waals surface area (Å²) in [6.07, 6.45) is 6.91. The Morgan fingerprint density at radius 1 is 1.13 bits per heavy atom. The van der Waals surface area contributed by atoms with Crippen molar-refractivity contribution >= 4 is 52.4 Å². The summed E-state index contributed by atoms with van der Waals surface area (Å²) in [5.74, 6) is -0.548. The molecule has 1 aromatic heterocycles. The highest BCUT2D eigenvalue weighted by Gasteiger charge is 2.21. The normalized spacial score (nSPS) is 12.4. The van der Waals surface area contributed by atoms with Gasteiger partial charge in [-0.2, -0.15) is 0 Å². The van der Waals surface area contributed by atoms with Gasteiger partial charge in [0.1, 0.15) is 10.8 Å². The Morgan fingerprint density at radius 2 is 1.85 bits per heavy atom. The van der Waals surface area contributed by atoms with Gasteiger partial charge in [0.15, 0.2) is 5.78 Å². The molecule has 0 spiro atoms. The van der Waals surface area contributed by atoms with Crippen LogP contribution in [-0.4, -0.2) is 36.1 Å². The second kappa shape index (κ2) is 14.6. The number of carboxylic acids is 1. The van der Waals surface area contributed by atoms with E-state index in [4.69, 9.17) is 42.8 Å². The standard InChI is InChI=1S/C30H33Cl2NO5S/c1-5-6-7-8-12-27(37-3)21-11-9-10-20(29(21)38-4)25-17-39-28(33-25)16-26(34)19-14-23(31)22(24(32)15-19)13-18(2)30(35)36/h9-11,13-15,17,27H,5-8,12,16H2,1-4H3,(H,35,36)/b18-13+. The number of carbonyl (C=O) groups excluding carboxylic acids is 1. The predicted octanol–water partition coefficient (Wildman–Crippen LogP) is 8.70. The van der Waals surface area contributed by atoms with E-state index in [-0.39, 0.29) is 33.9 Å². The molecule has 1 heterocycles. The Kier molecular flexibility index (Phi) is 11.5. The number of unbranched alkanes of at least 4 members (excludes halogenated alkanes) is 3. The minimum Gasteiger partial charge on any atom is -0.496 e. The lowest BCUT2D eigenvalue weighted by molar-refractivity contribution is -0.132. The lowest BCUT2D eigenvalue weighted by Crippen LogP contribution is -2.06. The minimum atomic E-state index is -1.08. The molecule has 3 aromatic rings. The average molecular weight is 591 g/mol. The van der Waals surface area contributed by atoms with Crippen LogP contribution in [0.3, 0.4) is 0 Å². The smallest absolute Gasteiger partial charge is 0.331 e. The van der Waals surface area contributed by atoms with E-state index < -0.39 is 5.97 Å². The van der Waals surface area contributed by atoms with Crippen molar-refractivity contribution in [1.29, 1.82) is 0 Å². The largest absolute Gasteiger partial charge is 0.496 e. The Bertz CT molecular complexity index is 1330. The summed E-state index contributed by atoms with van der Waals surface area (Å²) in [4.78, 5) is 28.9. The van der Waals surface area contributed by atoms with Crippen LogP contribution in [0.1, 0.15) is 78.5 Å². The third kappa shape index (κ3) is 7.92. The summed E-state index contributed by atoms with van der Waals surface area (Å²) in [5, 5.41) is 12.1. The highest BCUT2D eigenvalue weighted by molar-refractivity contribution is 7.10. The van der Waals surface area contributed by atoms with Gasteiger partial charge in [0.05, 0.1) is 35.4 Å². The molecule has 0 amide bonds. The van der Waals surface area contributed by atoms with E-state index in [1.54, 1.807) is 14.2 Å². The number of Topliss-reactive ketones (excluding diaryl/α,β-unsaturated/α-hetero) is 1. The first-order chi connectivity index (χ1) is 18.7. The number of rotatable bonds is 14. The first-order valence-corrected chi connectivity index (χ1v) is 14.4. The van der Waals surface area contributed by atoms with Crippen LogP contribution in [-0.2, 0) is 16.0 Å². The molecule has 9 heteroatoms. The summed E-state index contributed by atoms with van der Waals surface area (Å²) < 4.78 is 11.6. The van der Waals surface area contributed by atoms with E-state index in [1.807, 2.05) is 23.6 Å². The highest BCUT2D eigenvalue weighted by atomic mass is 35.5. The molecule has 0 fully saturated rings. The Labute approximate surface area is 243 Å². The van der Waals surface area contributed by atoms with Crippen LogP contribution in [0.4, 0.5) is 0 Å². The number of nitrogens with zero attached hydrogens (tertiary/aromatic N) is 1. The number of aliphatic carboxylic acids is 1. The zero-order valence-electron chi connectivity index (χ0n) is 22.6. The van der Waals surface area contributed by atoms with Gasteiger partial charge in [-0.25, -0.2) is 9.78 Å². The van der Waals surface area contributed by atoms with Gasteiger partial charge in [-0.05, 0) is 37.6 Å². The molecule has 2 aromatic carbocycles. The van der Waals surface area contributed by atoms with Crippen LogP contribution in [0.2, 0.25) is 10.0 Å². The molecule has 0 saturated carbocycles. The fourth-order valence-electron chi connectivity index (χ4n) is 4.31. The molecular formula is C30H33Cl2NO5S. The molecule has 3 rings (SSSR count). The van der Waals surface area contributed by atoms with Crippen molar-refractivity contribution in [2.24, 2.45) is 0 Å². The van der Waals surface area contributed by atoms with E-state index in [1.165, 1.54) is 55.7 Å². The van der Waals surface area contributed by atoms with Crippen molar-refractivity contribution in [3.63, 3.8) is 0 Å². The number of halogens is 2. The zero-order valence-corrected chi connectivity index (χ0v) is 24.9. The molecule has 1 N–H and O–H groups in total. The Hall–Kier alpha value is -2.71. The van der Waals surface area contributed by atoms with Gasteiger partial charge in [0, 0.05) is 40.3 Å². The average Bonchev–Trinajstić information content (AvgIpc) is 3.38. The molecular weight excluding hydrogens is 557 g/mol. The van der Waals surface area contributed by atoms with E-state index >= 15 is 0 Å². The minimum absolute atomic E-state index is 0.0702. The third-order valence-electron chi connectivity index (χ3n) is 6.44. The maximum absolute atomic E-state index is 13.1. The molecule has 0 aliphatic rings. The van der Waals surface area contributed by atoms with Gasteiger partial charge in [-0.3, -0.25) is 4.79 Å². The number of hydrogen-bond donors (Lipinski definition) is 1. The summed E-state index contributed by atoms with van der Waals surface area (Å²) in [5.41, 5.74) is 3.33. The number of aromatic nitrogens is 1. The van der Waals surface area contributed by atoms with Crippen LogP contribution < -0.4 is 4.74 Å². The number of carbonyl (C=O) groups is 2. The van der Waals surface area contributed by atoms with E-state index in [2.05, 4.69) is 6.92 Å². The SMILES string of the molecule is CCCCCCC(OC)c1cccc(-c2csc(CC(=O)c3cc(Cl)c(/C=C(\C)C(=O)O)c(Cl)c3)n2)c1OC. The number of benzene rings is 2. The Balaban J connectivity index is 1.82. The molecule has 0 saturated heterocycles. The van der Waals surface area contributed by atoms with E-state index in [0.717, 1.165) is 35.4 Å². The quantitative estimate of drug-likeness (QED) is 0.115. The number of ether oxygens (including phenoxy) is 2. The third-order valence-corrected chi connectivity index (χ3v) is 7.91. The van der Waals surface area contributed by atoms with Gasteiger partial charge < -0.3 is 14.6 Å². The number of ketones is 1. The molecule has 0 aliphatic heterocycles. The van der Waals surface area contributed by atoms with Crippen molar-refractivity contribution in [2.75, 3.05) is 14.2 Å². The van der Waals surface area contributed by atoms with Crippen LogP contribution in [0, 0.1) is 0 Å².